The first-order chi connectivity index (χ1) is 8.79. The Labute approximate surface area is 109 Å². The molecule has 0 unspecified atom stereocenters. The van der Waals surface area contributed by atoms with E-state index in [2.05, 4.69) is 10.6 Å². The van der Waals surface area contributed by atoms with E-state index in [0.717, 1.165) is 0 Å². The second kappa shape index (κ2) is 6.16. The van der Waals surface area contributed by atoms with E-state index in [-0.39, 0.29) is 11.4 Å². The molecule has 0 heterocycles. The van der Waals surface area contributed by atoms with E-state index in [0.29, 0.717) is 5.69 Å². The van der Waals surface area contributed by atoms with Gasteiger partial charge in [0.15, 0.2) is 0 Å². The fourth-order valence-corrected chi connectivity index (χ4v) is 1.70. The highest BCUT2D eigenvalue weighted by Crippen LogP contribution is 2.12. The lowest BCUT2D eigenvalue weighted by atomic mass is 10.3. The lowest BCUT2D eigenvalue weighted by Crippen LogP contribution is -2.33. The number of nitrogens with two attached hydrogens (primary N) is 1. The van der Waals surface area contributed by atoms with Crippen LogP contribution in [0.2, 0.25) is 0 Å². The lowest BCUT2D eigenvalue weighted by molar-refractivity contribution is -0.137. The van der Waals surface area contributed by atoms with Crippen LogP contribution in [0.5, 0.6) is 0 Å². The molecule has 1 amide bonds. The van der Waals surface area contributed by atoms with Crippen LogP contribution in [0, 0.1) is 0 Å². The Morgan fingerprint density at radius 3 is 2.21 bits per heavy atom. The molecular formula is C10H13N3O5S. The maximum atomic E-state index is 11.2. The molecule has 0 atom stereocenters. The molecule has 8 nitrogen and oxygen atoms in total. The molecule has 0 aliphatic heterocycles. The molecule has 0 bridgehead atoms. The normalized spacial score (nSPS) is 10.8. The maximum absolute atomic E-state index is 11.2. The number of sulfonamides is 1. The minimum absolute atomic E-state index is 0.0339. The van der Waals surface area contributed by atoms with Gasteiger partial charge in [-0.25, -0.2) is 13.6 Å². The SMILES string of the molecule is NS(=O)(=O)c1ccc(NCC(=O)NCC(=O)O)cc1. The number of carbonyl (C=O) groups is 2. The van der Waals surface area contributed by atoms with Gasteiger partial charge in [-0.1, -0.05) is 0 Å². The second-order valence-electron chi connectivity index (χ2n) is 3.59. The number of carboxylic acids is 1. The van der Waals surface area contributed by atoms with Crippen molar-refractivity contribution in [3.63, 3.8) is 0 Å². The fourth-order valence-electron chi connectivity index (χ4n) is 1.18. The number of carboxylic acid groups (broad SMARTS) is 1. The van der Waals surface area contributed by atoms with Crippen molar-refractivity contribution in [3.8, 4) is 0 Å². The molecule has 1 aromatic carbocycles. The predicted molar refractivity (Wildman–Crippen MR) is 67.0 cm³/mol. The number of hydrogen-bond donors (Lipinski definition) is 4. The van der Waals surface area contributed by atoms with Crippen molar-refractivity contribution in [3.05, 3.63) is 24.3 Å². The van der Waals surface area contributed by atoms with Crippen LogP contribution in [0.25, 0.3) is 0 Å². The predicted octanol–water partition coefficient (Wildman–Crippen LogP) is -1.05. The van der Waals surface area contributed by atoms with E-state index in [9.17, 15) is 18.0 Å². The summed E-state index contributed by atoms with van der Waals surface area (Å²) >= 11 is 0. The monoisotopic (exact) mass is 287 g/mol. The summed E-state index contributed by atoms with van der Waals surface area (Å²) in [5, 5.41) is 18.2. The summed E-state index contributed by atoms with van der Waals surface area (Å²) in [5.41, 5.74) is 0.512. The molecule has 0 aromatic heterocycles. The first-order valence-corrected chi connectivity index (χ1v) is 6.69. The highest BCUT2D eigenvalue weighted by molar-refractivity contribution is 7.89. The summed E-state index contributed by atoms with van der Waals surface area (Å²) in [6.07, 6.45) is 0. The molecule has 9 heteroatoms. The van der Waals surface area contributed by atoms with Gasteiger partial charge < -0.3 is 15.7 Å². The number of primary sulfonamides is 1. The average Bonchev–Trinajstić information content (AvgIpc) is 2.33. The molecular weight excluding hydrogens is 274 g/mol. The van der Waals surface area contributed by atoms with Crippen molar-refractivity contribution in [2.45, 2.75) is 4.90 Å². The molecule has 1 aromatic rings. The van der Waals surface area contributed by atoms with Crippen molar-refractivity contribution in [2.24, 2.45) is 5.14 Å². The first-order valence-electron chi connectivity index (χ1n) is 5.14. The fraction of sp³-hybridized carbons (Fsp3) is 0.200. The number of rotatable bonds is 6. The Morgan fingerprint density at radius 1 is 1.16 bits per heavy atom. The average molecular weight is 287 g/mol. The number of hydrogen-bond acceptors (Lipinski definition) is 5. The topological polar surface area (TPSA) is 139 Å². The van der Waals surface area contributed by atoms with Crippen molar-refractivity contribution in [1.29, 1.82) is 0 Å². The van der Waals surface area contributed by atoms with Gasteiger partial charge in [-0.05, 0) is 24.3 Å². The summed E-state index contributed by atoms with van der Waals surface area (Å²) in [6, 6.07) is 5.49. The molecule has 0 aliphatic carbocycles. The Hall–Kier alpha value is -2.13. The van der Waals surface area contributed by atoms with E-state index < -0.39 is 28.4 Å². The largest absolute Gasteiger partial charge is 0.480 e. The summed E-state index contributed by atoms with van der Waals surface area (Å²) in [6.45, 7) is -0.577. The lowest BCUT2D eigenvalue weighted by Gasteiger charge is -2.07. The third-order valence-electron chi connectivity index (χ3n) is 2.07. The van der Waals surface area contributed by atoms with E-state index in [1.807, 2.05) is 0 Å². The molecule has 104 valence electrons. The second-order valence-corrected chi connectivity index (χ2v) is 5.15. The minimum atomic E-state index is -3.74. The van der Waals surface area contributed by atoms with Gasteiger partial charge in [-0.3, -0.25) is 9.59 Å². The Balaban J connectivity index is 2.51. The van der Waals surface area contributed by atoms with Crippen LogP contribution in [-0.2, 0) is 19.6 Å². The van der Waals surface area contributed by atoms with Crippen LogP contribution in [0.15, 0.2) is 29.2 Å². The molecule has 0 saturated carbocycles. The van der Waals surface area contributed by atoms with Crippen molar-refractivity contribution < 1.29 is 23.1 Å². The van der Waals surface area contributed by atoms with Gasteiger partial charge in [0.1, 0.15) is 6.54 Å². The van der Waals surface area contributed by atoms with Crippen molar-refractivity contribution in [1.82, 2.24) is 5.32 Å². The quantitative estimate of drug-likeness (QED) is 0.526. The molecule has 0 radical (unpaired) electrons. The molecule has 1 rings (SSSR count). The summed E-state index contributed by atoms with van der Waals surface area (Å²) in [4.78, 5) is 21.4. The number of benzene rings is 1. The molecule has 0 saturated heterocycles. The highest BCUT2D eigenvalue weighted by Gasteiger charge is 2.07. The Kier molecular flexibility index (Phi) is 4.84. The van der Waals surface area contributed by atoms with Gasteiger partial charge in [-0.15, -0.1) is 0 Å². The molecule has 0 fully saturated rings. The van der Waals surface area contributed by atoms with E-state index in [1.54, 1.807) is 0 Å². The van der Waals surface area contributed by atoms with Crippen LogP contribution in [-0.4, -0.2) is 38.5 Å². The Bertz CT molecular complexity index is 567. The van der Waals surface area contributed by atoms with E-state index >= 15 is 0 Å². The van der Waals surface area contributed by atoms with Crippen LogP contribution >= 0.6 is 0 Å². The zero-order valence-corrected chi connectivity index (χ0v) is 10.6. The molecule has 0 spiro atoms. The third kappa shape index (κ3) is 5.36. The van der Waals surface area contributed by atoms with Gasteiger partial charge in [0.05, 0.1) is 11.4 Å². The smallest absolute Gasteiger partial charge is 0.322 e. The number of anilines is 1. The van der Waals surface area contributed by atoms with E-state index in [4.69, 9.17) is 10.2 Å². The van der Waals surface area contributed by atoms with Gasteiger partial charge >= 0.3 is 5.97 Å². The number of amides is 1. The molecule has 0 aliphatic rings. The van der Waals surface area contributed by atoms with Crippen molar-refractivity contribution >= 4 is 27.6 Å². The van der Waals surface area contributed by atoms with Crippen LogP contribution in [0.1, 0.15) is 0 Å². The summed E-state index contributed by atoms with van der Waals surface area (Å²) in [5.74, 6) is -1.62. The summed E-state index contributed by atoms with van der Waals surface area (Å²) in [7, 11) is -3.74. The van der Waals surface area contributed by atoms with Crippen LogP contribution in [0.4, 0.5) is 5.69 Å². The number of nitrogens with one attached hydrogen (secondary N) is 2. The zero-order valence-electron chi connectivity index (χ0n) is 9.79. The first kappa shape index (κ1) is 14.9. The van der Waals surface area contributed by atoms with Gasteiger partial charge in [0, 0.05) is 5.69 Å². The van der Waals surface area contributed by atoms with Crippen LogP contribution < -0.4 is 15.8 Å². The van der Waals surface area contributed by atoms with Crippen molar-refractivity contribution in [2.75, 3.05) is 18.4 Å². The van der Waals surface area contributed by atoms with Gasteiger partial charge in [0.2, 0.25) is 15.9 Å². The number of aliphatic carboxylic acids is 1. The number of carbonyl (C=O) groups excluding carboxylic acids is 1. The highest BCUT2D eigenvalue weighted by atomic mass is 32.2. The zero-order chi connectivity index (χ0) is 14.5. The Morgan fingerprint density at radius 2 is 1.74 bits per heavy atom. The maximum Gasteiger partial charge on any atom is 0.322 e. The summed E-state index contributed by atoms with van der Waals surface area (Å²) < 4.78 is 22.0. The molecule has 19 heavy (non-hydrogen) atoms. The standard InChI is InChI=1S/C10H13N3O5S/c11-19(17,18)8-3-1-7(2-4-8)12-5-9(14)13-6-10(15)16/h1-4,12H,5-6H2,(H,13,14)(H,15,16)(H2,11,17,18). The third-order valence-corrected chi connectivity index (χ3v) is 3.00. The van der Waals surface area contributed by atoms with Gasteiger partial charge in [0.25, 0.3) is 0 Å². The van der Waals surface area contributed by atoms with Gasteiger partial charge in [-0.2, -0.15) is 0 Å². The molecule has 5 N–H and O–H groups in total. The van der Waals surface area contributed by atoms with E-state index in [1.165, 1.54) is 24.3 Å². The minimum Gasteiger partial charge on any atom is -0.480 e. The van der Waals surface area contributed by atoms with Crippen LogP contribution in [0.3, 0.4) is 0 Å².